The summed E-state index contributed by atoms with van der Waals surface area (Å²) >= 11 is 1.71. The Balaban J connectivity index is 0.000000112. The molecule has 11 heavy (non-hydrogen) atoms. The van der Waals surface area contributed by atoms with Crippen LogP contribution in [0.4, 0.5) is 0 Å². The lowest BCUT2D eigenvalue weighted by Crippen LogP contribution is -1.63. The first-order valence-electron chi connectivity index (χ1n) is 3.11. The van der Waals surface area contributed by atoms with Gasteiger partial charge in [-0.15, -0.1) is 0 Å². The minimum absolute atomic E-state index is 0.784. The summed E-state index contributed by atoms with van der Waals surface area (Å²) in [5, 5.41) is 7.36. The highest BCUT2D eigenvalue weighted by Crippen LogP contribution is 1.95. The van der Waals surface area contributed by atoms with Gasteiger partial charge in [-0.05, 0) is 10.8 Å². The Bertz CT molecular complexity index is 228. The molecule has 0 atom stereocenters. The summed E-state index contributed by atoms with van der Waals surface area (Å²) in [6.45, 7) is 0. The molecule has 0 unspecified atom stereocenters. The standard InChI is InChI=1S/C4H4OS.C4H4S/c5-6-3-1-2-4-6;1-2-4-5-3-1/h1-4H;1-4H. The third-order valence-electron chi connectivity index (χ3n) is 0.962. The van der Waals surface area contributed by atoms with E-state index in [1.807, 2.05) is 22.9 Å². The van der Waals surface area contributed by atoms with E-state index in [0.29, 0.717) is 0 Å². The first-order chi connectivity index (χ1) is 5.39. The van der Waals surface area contributed by atoms with Crippen molar-refractivity contribution in [2.75, 3.05) is 0 Å². The molecule has 0 fully saturated rings. The van der Waals surface area contributed by atoms with Crippen molar-refractivity contribution >= 4 is 22.1 Å². The highest BCUT2D eigenvalue weighted by Gasteiger charge is 1.86. The minimum atomic E-state index is -0.784. The summed E-state index contributed by atoms with van der Waals surface area (Å²) in [5.74, 6) is 0. The van der Waals surface area contributed by atoms with Gasteiger partial charge in [-0.3, -0.25) is 4.21 Å². The van der Waals surface area contributed by atoms with Crippen LogP contribution < -0.4 is 0 Å². The van der Waals surface area contributed by atoms with Crippen molar-refractivity contribution < 1.29 is 4.21 Å². The van der Waals surface area contributed by atoms with E-state index >= 15 is 0 Å². The van der Waals surface area contributed by atoms with Gasteiger partial charge in [0.2, 0.25) is 0 Å². The van der Waals surface area contributed by atoms with Crippen LogP contribution in [0, 0.1) is 0 Å². The molecule has 0 amide bonds. The molecule has 1 nitrogen and oxygen atoms in total. The molecular weight excluding hydrogens is 176 g/mol. The molecule has 0 aliphatic carbocycles. The number of allylic oxidation sites excluding steroid dienone is 2. The number of hydrogen-bond donors (Lipinski definition) is 0. The van der Waals surface area contributed by atoms with Crippen molar-refractivity contribution in [1.82, 2.24) is 0 Å². The molecule has 0 bridgehead atoms. The average molecular weight is 184 g/mol. The monoisotopic (exact) mass is 184 g/mol. The van der Waals surface area contributed by atoms with E-state index in [1.165, 1.54) is 0 Å². The molecule has 1 aromatic heterocycles. The van der Waals surface area contributed by atoms with Gasteiger partial charge in [-0.25, -0.2) is 0 Å². The van der Waals surface area contributed by atoms with E-state index < -0.39 is 10.8 Å². The van der Waals surface area contributed by atoms with Crippen molar-refractivity contribution in [3.05, 3.63) is 45.9 Å². The van der Waals surface area contributed by atoms with Gasteiger partial charge in [0.15, 0.2) is 0 Å². The van der Waals surface area contributed by atoms with E-state index in [-0.39, 0.29) is 0 Å². The van der Waals surface area contributed by atoms with E-state index in [9.17, 15) is 4.21 Å². The number of rotatable bonds is 0. The van der Waals surface area contributed by atoms with Crippen LogP contribution in [0.3, 0.4) is 0 Å². The first kappa shape index (κ1) is 8.43. The van der Waals surface area contributed by atoms with Crippen LogP contribution in [-0.4, -0.2) is 4.21 Å². The van der Waals surface area contributed by atoms with Crippen molar-refractivity contribution in [1.29, 1.82) is 0 Å². The molecule has 0 radical (unpaired) electrons. The zero-order chi connectivity index (χ0) is 7.94. The third kappa shape index (κ3) is 3.91. The maximum atomic E-state index is 10.2. The molecule has 0 spiro atoms. The van der Waals surface area contributed by atoms with E-state index in [4.69, 9.17) is 0 Å². The van der Waals surface area contributed by atoms with E-state index in [0.717, 1.165) is 0 Å². The highest BCUT2D eigenvalue weighted by molar-refractivity contribution is 7.91. The molecule has 1 aliphatic rings. The Morgan fingerprint density at radius 1 is 1.00 bits per heavy atom. The van der Waals surface area contributed by atoms with Gasteiger partial charge < -0.3 is 0 Å². The maximum absolute atomic E-state index is 10.2. The molecule has 0 aromatic carbocycles. The van der Waals surface area contributed by atoms with Crippen LogP contribution in [0.15, 0.2) is 45.9 Å². The van der Waals surface area contributed by atoms with Gasteiger partial charge in [-0.1, -0.05) is 24.3 Å². The summed E-state index contributed by atoms with van der Waals surface area (Å²) in [5.41, 5.74) is 0. The lowest BCUT2D eigenvalue weighted by atomic mass is 10.6. The SMILES string of the molecule is O=S1C=CC=C1.c1ccsc1. The minimum Gasteiger partial charge on any atom is -0.250 e. The molecule has 0 saturated carbocycles. The molecule has 58 valence electrons. The van der Waals surface area contributed by atoms with E-state index in [1.54, 1.807) is 34.3 Å². The van der Waals surface area contributed by atoms with E-state index in [2.05, 4.69) is 0 Å². The van der Waals surface area contributed by atoms with Gasteiger partial charge in [0, 0.05) is 10.8 Å². The molecule has 2 heterocycles. The quantitative estimate of drug-likeness (QED) is 0.605. The summed E-state index contributed by atoms with van der Waals surface area (Å²) in [4.78, 5) is 0. The Labute approximate surface area is 72.5 Å². The van der Waals surface area contributed by atoms with Gasteiger partial charge in [0.25, 0.3) is 0 Å². The molecular formula is C8H8OS2. The fourth-order valence-corrected chi connectivity index (χ4v) is 1.55. The molecule has 3 heteroatoms. The van der Waals surface area contributed by atoms with Crippen LogP contribution in [0.1, 0.15) is 0 Å². The zero-order valence-electron chi connectivity index (χ0n) is 5.84. The van der Waals surface area contributed by atoms with Crippen LogP contribution in [0.25, 0.3) is 0 Å². The third-order valence-corrected chi connectivity index (χ3v) is 2.44. The molecule has 2 rings (SSSR count). The fourth-order valence-electron chi connectivity index (χ4n) is 0.518. The molecule has 0 N–H and O–H groups in total. The van der Waals surface area contributed by atoms with Crippen molar-refractivity contribution in [2.45, 2.75) is 0 Å². The second kappa shape index (κ2) is 5.04. The summed E-state index contributed by atoms with van der Waals surface area (Å²) in [6.07, 6.45) is 3.55. The molecule has 1 aromatic rings. The van der Waals surface area contributed by atoms with Gasteiger partial charge >= 0.3 is 0 Å². The lowest BCUT2D eigenvalue weighted by Gasteiger charge is -1.65. The summed E-state index contributed by atoms with van der Waals surface area (Å²) in [7, 11) is -0.784. The summed E-state index contributed by atoms with van der Waals surface area (Å²) in [6, 6.07) is 4.04. The Hall–Kier alpha value is -0.670. The first-order valence-corrected chi connectivity index (χ1v) is 5.33. The average Bonchev–Trinajstić information content (AvgIpc) is 2.57. The zero-order valence-corrected chi connectivity index (χ0v) is 7.48. The Kier molecular flexibility index (Phi) is 3.86. The van der Waals surface area contributed by atoms with Crippen LogP contribution in [-0.2, 0) is 10.8 Å². The van der Waals surface area contributed by atoms with Crippen LogP contribution >= 0.6 is 11.3 Å². The Morgan fingerprint density at radius 3 is 1.73 bits per heavy atom. The van der Waals surface area contributed by atoms with Crippen molar-refractivity contribution in [2.24, 2.45) is 0 Å². The van der Waals surface area contributed by atoms with Crippen molar-refractivity contribution in [3.8, 4) is 0 Å². The predicted molar refractivity (Wildman–Crippen MR) is 50.7 cm³/mol. The van der Waals surface area contributed by atoms with Gasteiger partial charge in [0.1, 0.15) is 0 Å². The largest absolute Gasteiger partial charge is 0.250 e. The summed E-state index contributed by atoms with van der Waals surface area (Å²) < 4.78 is 10.2. The topological polar surface area (TPSA) is 17.1 Å². The number of thiophene rings is 1. The smallest absolute Gasteiger partial charge is 0.0702 e. The molecule has 1 aliphatic heterocycles. The maximum Gasteiger partial charge on any atom is 0.0702 e. The van der Waals surface area contributed by atoms with Gasteiger partial charge in [-0.2, -0.15) is 11.3 Å². The number of hydrogen-bond acceptors (Lipinski definition) is 2. The lowest BCUT2D eigenvalue weighted by molar-refractivity contribution is 0.693. The second-order valence-electron chi connectivity index (χ2n) is 1.78. The van der Waals surface area contributed by atoms with Gasteiger partial charge in [0.05, 0.1) is 10.8 Å². The van der Waals surface area contributed by atoms with Crippen LogP contribution in [0.2, 0.25) is 0 Å². The molecule has 0 saturated heterocycles. The fraction of sp³-hybridized carbons (Fsp3) is 0. The second-order valence-corrected chi connectivity index (χ2v) is 3.80. The predicted octanol–water partition coefficient (Wildman–Crippen LogP) is 2.52. The van der Waals surface area contributed by atoms with Crippen molar-refractivity contribution in [3.63, 3.8) is 0 Å². The Morgan fingerprint density at radius 2 is 1.55 bits per heavy atom. The normalized spacial score (nSPS) is 14.5. The van der Waals surface area contributed by atoms with Crippen LogP contribution in [0.5, 0.6) is 0 Å². The highest BCUT2D eigenvalue weighted by atomic mass is 32.2.